The molecule has 10 nitrogen and oxygen atoms in total. The number of hydrogen-bond acceptors (Lipinski definition) is 9. The number of nitrogens with zero attached hydrogens (tertiary/aromatic N) is 4. The van der Waals surface area contributed by atoms with Crippen LogP contribution in [0.15, 0.2) is 89.7 Å². The van der Waals surface area contributed by atoms with E-state index in [9.17, 15) is 12.8 Å². The van der Waals surface area contributed by atoms with Crippen LogP contribution in [0.1, 0.15) is 17.4 Å². The molecule has 1 unspecified atom stereocenters. The van der Waals surface area contributed by atoms with Crippen LogP contribution in [0, 0.1) is 5.82 Å². The van der Waals surface area contributed by atoms with Crippen molar-refractivity contribution in [1.29, 1.82) is 0 Å². The van der Waals surface area contributed by atoms with Crippen molar-refractivity contribution < 1.29 is 22.1 Å². The van der Waals surface area contributed by atoms with E-state index in [1.54, 1.807) is 24.4 Å². The van der Waals surface area contributed by atoms with Gasteiger partial charge in [-0.1, -0.05) is 12.1 Å². The molecular weight excluding hydrogens is 559 g/mol. The number of hydroxylamine groups is 1. The minimum atomic E-state index is -3.29. The topological polar surface area (TPSA) is 124 Å². The van der Waals surface area contributed by atoms with Gasteiger partial charge in [-0.25, -0.2) is 22.8 Å². The van der Waals surface area contributed by atoms with Crippen molar-refractivity contribution in [3.8, 4) is 11.3 Å². The quantitative estimate of drug-likeness (QED) is 0.203. The number of halogens is 1. The largest absolute Gasteiger partial charge is 0.459 e. The van der Waals surface area contributed by atoms with E-state index in [1.807, 2.05) is 47.1 Å². The molecule has 6 rings (SSSR count). The third kappa shape index (κ3) is 6.00. The third-order valence-electron chi connectivity index (χ3n) is 6.75. The number of nitrogens with one attached hydrogen (secondary N) is 2. The minimum absolute atomic E-state index is 0.179. The number of hydrogen-bond donors (Lipinski definition) is 2. The molecule has 2 N–H and O–H groups in total. The van der Waals surface area contributed by atoms with Crippen LogP contribution in [-0.2, 0) is 21.2 Å². The van der Waals surface area contributed by atoms with Crippen molar-refractivity contribution in [2.45, 2.75) is 12.6 Å². The Bertz CT molecular complexity index is 2010. The second kappa shape index (κ2) is 11.3. The van der Waals surface area contributed by atoms with Crippen LogP contribution in [0.5, 0.6) is 0 Å². The zero-order valence-electron chi connectivity index (χ0n) is 22.8. The van der Waals surface area contributed by atoms with Gasteiger partial charge in [0.25, 0.3) is 0 Å². The van der Waals surface area contributed by atoms with E-state index in [2.05, 4.69) is 25.9 Å². The normalized spacial score (nSPS) is 12.6. The van der Waals surface area contributed by atoms with Crippen LogP contribution in [-0.4, -0.2) is 47.3 Å². The van der Waals surface area contributed by atoms with Gasteiger partial charge in [-0.05, 0) is 66.2 Å². The number of fused-ring (bicyclic) bond motifs is 2. The minimum Gasteiger partial charge on any atom is -0.459 e. The summed E-state index contributed by atoms with van der Waals surface area (Å²) in [5.74, 6) is 1.15. The van der Waals surface area contributed by atoms with Gasteiger partial charge in [-0.3, -0.25) is 4.68 Å². The van der Waals surface area contributed by atoms with Crippen LogP contribution in [0.25, 0.3) is 33.1 Å². The molecule has 214 valence electrons. The molecule has 0 saturated heterocycles. The fraction of sp³-hybridized carbons (Fsp3) is 0.167. The molecule has 0 aliphatic carbocycles. The lowest BCUT2D eigenvalue weighted by molar-refractivity contribution is 0.0606. The fourth-order valence-corrected chi connectivity index (χ4v) is 5.70. The molecule has 1 atom stereocenters. The van der Waals surface area contributed by atoms with E-state index in [4.69, 9.17) is 9.25 Å². The lowest BCUT2D eigenvalue weighted by atomic mass is 10.1. The van der Waals surface area contributed by atoms with Gasteiger partial charge in [0.2, 0.25) is 0 Å². The molecule has 0 bridgehead atoms. The van der Waals surface area contributed by atoms with Crippen LogP contribution >= 0.6 is 0 Å². The van der Waals surface area contributed by atoms with Gasteiger partial charge in [0.1, 0.15) is 45.4 Å². The van der Waals surface area contributed by atoms with Gasteiger partial charge in [0, 0.05) is 28.3 Å². The molecule has 0 saturated carbocycles. The van der Waals surface area contributed by atoms with Gasteiger partial charge >= 0.3 is 0 Å². The molecule has 0 aliphatic rings. The Balaban J connectivity index is 1.27. The SMILES string of the molecule is CONC(CS(C)(=O)=O)c1ccc(-c2ccc3ncnc(Nc4ccc5c(cnn5Cc5cccc(F)c5)c4)c3c2)o1. The zero-order valence-corrected chi connectivity index (χ0v) is 23.6. The molecule has 0 radical (unpaired) electrons. The molecule has 0 fully saturated rings. The Morgan fingerprint density at radius 3 is 2.74 bits per heavy atom. The van der Waals surface area contributed by atoms with E-state index < -0.39 is 15.9 Å². The van der Waals surface area contributed by atoms with E-state index in [1.165, 1.54) is 25.6 Å². The third-order valence-corrected chi connectivity index (χ3v) is 7.68. The molecule has 42 heavy (non-hydrogen) atoms. The number of anilines is 2. The predicted octanol–water partition coefficient (Wildman–Crippen LogP) is 5.41. The summed E-state index contributed by atoms with van der Waals surface area (Å²) in [7, 11) is -1.86. The number of aromatic nitrogens is 4. The summed E-state index contributed by atoms with van der Waals surface area (Å²) in [6.45, 7) is 0.457. The standard InChI is InChI=1S/C30H27FN6O4S/c1-40-36-26(17-42(2,38)39)29-11-10-28(41-29)20-6-8-25-24(14-20)30(33-18-32-25)35-23-7-9-27-21(13-23)15-34-37(27)16-19-4-3-5-22(31)12-19/h3-15,18,26,36H,16-17H2,1-2H3,(H,32,33,35). The van der Waals surface area contributed by atoms with Crippen molar-refractivity contribution in [2.75, 3.05) is 24.4 Å². The Kier molecular flexibility index (Phi) is 7.42. The molecule has 0 amide bonds. The Morgan fingerprint density at radius 2 is 1.93 bits per heavy atom. The predicted molar refractivity (Wildman–Crippen MR) is 158 cm³/mol. The summed E-state index contributed by atoms with van der Waals surface area (Å²) >= 11 is 0. The highest BCUT2D eigenvalue weighted by molar-refractivity contribution is 7.90. The first-order chi connectivity index (χ1) is 20.3. The first kappa shape index (κ1) is 27.5. The Hall–Kier alpha value is -4.65. The summed E-state index contributed by atoms with van der Waals surface area (Å²) in [4.78, 5) is 13.9. The second-order valence-corrected chi connectivity index (χ2v) is 12.1. The molecule has 3 heterocycles. The molecular formula is C30H27FN6O4S. The van der Waals surface area contributed by atoms with Crippen LogP contribution in [0.2, 0.25) is 0 Å². The Labute approximate surface area is 241 Å². The van der Waals surface area contributed by atoms with E-state index >= 15 is 0 Å². The number of furan rings is 1. The molecule has 6 aromatic rings. The van der Waals surface area contributed by atoms with Crippen molar-refractivity contribution in [3.63, 3.8) is 0 Å². The van der Waals surface area contributed by atoms with Gasteiger partial charge in [0.05, 0.1) is 36.6 Å². The van der Waals surface area contributed by atoms with Crippen molar-refractivity contribution in [2.24, 2.45) is 0 Å². The molecule has 3 aromatic carbocycles. The monoisotopic (exact) mass is 586 g/mol. The summed E-state index contributed by atoms with van der Waals surface area (Å²) in [6.07, 6.45) is 4.44. The highest BCUT2D eigenvalue weighted by Crippen LogP contribution is 2.32. The highest BCUT2D eigenvalue weighted by atomic mass is 32.2. The number of benzene rings is 3. The number of rotatable bonds is 10. The molecule has 0 aliphatic heterocycles. The maximum atomic E-state index is 13.6. The van der Waals surface area contributed by atoms with Gasteiger partial charge in [0.15, 0.2) is 0 Å². The van der Waals surface area contributed by atoms with Crippen molar-refractivity contribution >= 4 is 43.1 Å². The summed E-state index contributed by atoms with van der Waals surface area (Å²) in [5, 5.41) is 9.58. The summed E-state index contributed by atoms with van der Waals surface area (Å²) in [6, 6.07) is 20.9. The zero-order chi connectivity index (χ0) is 29.3. The fourth-order valence-electron chi connectivity index (χ4n) is 4.86. The summed E-state index contributed by atoms with van der Waals surface area (Å²) in [5.41, 5.74) is 6.77. The van der Waals surface area contributed by atoms with Crippen LogP contribution in [0.3, 0.4) is 0 Å². The maximum Gasteiger partial charge on any atom is 0.149 e. The van der Waals surface area contributed by atoms with E-state index in [0.717, 1.165) is 44.9 Å². The van der Waals surface area contributed by atoms with Gasteiger partial charge in [-0.15, -0.1) is 0 Å². The molecule has 3 aromatic heterocycles. The van der Waals surface area contributed by atoms with Crippen LogP contribution in [0.4, 0.5) is 15.9 Å². The van der Waals surface area contributed by atoms with Gasteiger partial charge in [-0.2, -0.15) is 10.6 Å². The first-order valence-corrected chi connectivity index (χ1v) is 15.1. The Morgan fingerprint density at radius 1 is 1.05 bits per heavy atom. The van der Waals surface area contributed by atoms with Gasteiger partial charge < -0.3 is 14.6 Å². The smallest absolute Gasteiger partial charge is 0.149 e. The van der Waals surface area contributed by atoms with Crippen molar-refractivity contribution in [1.82, 2.24) is 25.2 Å². The first-order valence-electron chi connectivity index (χ1n) is 13.0. The molecule has 12 heteroatoms. The van der Waals surface area contributed by atoms with E-state index in [0.29, 0.717) is 23.9 Å². The second-order valence-electron chi connectivity index (χ2n) is 9.95. The van der Waals surface area contributed by atoms with Crippen LogP contribution < -0.4 is 10.8 Å². The van der Waals surface area contributed by atoms with Crippen molar-refractivity contribution in [3.05, 3.63) is 102 Å². The summed E-state index contributed by atoms with van der Waals surface area (Å²) < 4.78 is 45.3. The lowest BCUT2D eigenvalue weighted by Gasteiger charge is -2.13. The average Bonchev–Trinajstić information content (AvgIpc) is 3.60. The molecule has 0 spiro atoms. The number of sulfone groups is 1. The maximum absolute atomic E-state index is 13.6. The average molecular weight is 587 g/mol. The highest BCUT2D eigenvalue weighted by Gasteiger charge is 2.21. The van der Waals surface area contributed by atoms with E-state index in [-0.39, 0.29) is 11.6 Å². The lowest BCUT2D eigenvalue weighted by Crippen LogP contribution is -2.26.